The number of sulfonamides is 1. The number of aryl methyl sites for hydroxylation is 1. The molecule has 2 heterocycles. The van der Waals surface area contributed by atoms with E-state index in [-0.39, 0.29) is 12.6 Å². The topological polar surface area (TPSA) is 59.8 Å². The highest BCUT2D eigenvalue weighted by atomic mass is 32.2. The van der Waals surface area contributed by atoms with Gasteiger partial charge in [-0.25, -0.2) is 8.42 Å². The molecule has 0 unspecified atom stereocenters. The molecule has 1 fully saturated rings. The average Bonchev–Trinajstić information content (AvgIpc) is 2.97. The van der Waals surface area contributed by atoms with Crippen LogP contribution < -0.4 is 0 Å². The van der Waals surface area contributed by atoms with E-state index in [4.69, 9.17) is 9.15 Å². The maximum absolute atomic E-state index is 12.5. The summed E-state index contributed by atoms with van der Waals surface area (Å²) in [5.41, 5.74) is 0. The van der Waals surface area contributed by atoms with Crippen LogP contribution in [-0.4, -0.2) is 38.2 Å². The van der Waals surface area contributed by atoms with E-state index in [1.807, 2.05) is 19.1 Å². The molecule has 1 aromatic rings. The molecule has 0 aromatic carbocycles. The van der Waals surface area contributed by atoms with Gasteiger partial charge in [0.05, 0.1) is 17.9 Å². The molecular weight excluding hydrogens is 266 g/mol. The Kier molecular flexibility index (Phi) is 4.32. The van der Waals surface area contributed by atoms with Crippen molar-refractivity contribution in [2.24, 2.45) is 0 Å². The van der Waals surface area contributed by atoms with Crippen LogP contribution in [0.1, 0.15) is 37.3 Å². The zero-order valence-corrected chi connectivity index (χ0v) is 12.4. The van der Waals surface area contributed by atoms with Crippen LogP contribution in [-0.2, 0) is 14.8 Å². The number of hydrogen-bond acceptors (Lipinski definition) is 4. The summed E-state index contributed by atoms with van der Waals surface area (Å²) < 4.78 is 37.2. The minimum absolute atomic E-state index is 0.169. The van der Waals surface area contributed by atoms with Crippen molar-refractivity contribution in [2.75, 3.05) is 20.3 Å². The van der Waals surface area contributed by atoms with E-state index in [2.05, 4.69) is 0 Å². The second-order valence-electron chi connectivity index (χ2n) is 5.03. The van der Waals surface area contributed by atoms with Gasteiger partial charge < -0.3 is 9.15 Å². The smallest absolute Gasteiger partial charge is 0.219 e. The molecule has 2 rings (SSSR count). The third kappa shape index (κ3) is 2.85. The first-order valence-corrected chi connectivity index (χ1v) is 8.03. The number of ether oxygens (including phenoxy) is 1. The van der Waals surface area contributed by atoms with Crippen LogP contribution >= 0.6 is 0 Å². The van der Waals surface area contributed by atoms with Gasteiger partial charge in [-0.05, 0) is 38.8 Å². The van der Waals surface area contributed by atoms with E-state index in [0.717, 1.165) is 24.4 Å². The molecule has 1 aliphatic rings. The quantitative estimate of drug-likeness (QED) is 0.832. The lowest BCUT2D eigenvalue weighted by Gasteiger charge is -2.25. The van der Waals surface area contributed by atoms with Crippen LogP contribution in [0.2, 0.25) is 0 Å². The van der Waals surface area contributed by atoms with Crippen molar-refractivity contribution in [1.29, 1.82) is 0 Å². The molecule has 1 saturated heterocycles. The van der Waals surface area contributed by atoms with Crippen molar-refractivity contribution in [3.05, 3.63) is 23.7 Å². The summed E-state index contributed by atoms with van der Waals surface area (Å²) in [4.78, 5) is 0. The van der Waals surface area contributed by atoms with Crippen LogP contribution in [0.25, 0.3) is 0 Å². The molecule has 5 nitrogen and oxygen atoms in total. The molecule has 108 valence electrons. The van der Waals surface area contributed by atoms with Gasteiger partial charge >= 0.3 is 0 Å². The average molecular weight is 287 g/mol. The molecule has 0 N–H and O–H groups in total. The van der Waals surface area contributed by atoms with Crippen molar-refractivity contribution in [1.82, 2.24) is 4.31 Å². The summed E-state index contributed by atoms with van der Waals surface area (Å²) in [6.07, 6.45) is 1.68. The molecule has 0 radical (unpaired) electrons. The molecule has 0 amide bonds. The Bertz CT molecular complexity index is 523. The van der Waals surface area contributed by atoms with E-state index >= 15 is 0 Å². The third-order valence-corrected chi connectivity index (χ3v) is 5.77. The van der Waals surface area contributed by atoms with Crippen LogP contribution in [0.3, 0.4) is 0 Å². The van der Waals surface area contributed by atoms with Gasteiger partial charge in [0.1, 0.15) is 11.5 Å². The van der Waals surface area contributed by atoms with Gasteiger partial charge in [0.15, 0.2) is 0 Å². The second-order valence-corrected chi connectivity index (χ2v) is 7.33. The predicted octanol–water partition coefficient (Wildman–Crippen LogP) is 2.09. The van der Waals surface area contributed by atoms with Crippen molar-refractivity contribution in [2.45, 2.75) is 38.0 Å². The van der Waals surface area contributed by atoms with Gasteiger partial charge in [-0.1, -0.05) is 0 Å². The molecule has 0 saturated carbocycles. The standard InChI is InChI=1S/C13H21NO4S/c1-10-6-7-13(18-10)12-5-4-8-14(12)19(15,16)11(2)9-17-3/h6-7,11-12H,4-5,8-9H2,1-3H3/t11-,12+/m0/s1. The number of nitrogens with zero attached hydrogens (tertiary/aromatic N) is 1. The van der Waals surface area contributed by atoms with Crippen LogP contribution in [0, 0.1) is 6.92 Å². The van der Waals surface area contributed by atoms with Crippen LogP contribution in [0.15, 0.2) is 16.5 Å². The van der Waals surface area contributed by atoms with Crippen molar-refractivity contribution in [3.8, 4) is 0 Å². The fraction of sp³-hybridized carbons (Fsp3) is 0.692. The predicted molar refractivity (Wildman–Crippen MR) is 72.4 cm³/mol. The number of methoxy groups -OCH3 is 1. The second kappa shape index (κ2) is 5.64. The summed E-state index contributed by atoms with van der Waals surface area (Å²) in [7, 11) is -1.82. The first-order chi connectivity index (χ1) is 8.96. The number of rotatable bonds is 5. The summed E-state index contributed by atoms with van der Waals surface area (Å²) in [5, 5.41) is -0.533. The minimum Gasteiger partial charge on any atom is -0.465 e. The van der Waals surface area contributed by atoms with Crippen molar-refractivity contribution in [3.63, 3.8) is 0 Å². The Balaban J connectivity index is 2.23. The Morgan fingerprint density at radius 1 is 1.53 bits per heavy atom. The van der Waals surface area contributed by atoms with Gasteiger partial charge in [-0.15, -0.1) is 0 Å². The zero-order chi connectivity index (χ0) is 14.0. The molecule has 2 atom stereocenters. The maximum atomic E-state index is 12.5. The Hall–Kier alpha value is -0.850. The monoisotopic (exact) mass is 287 g/mol. The van der Waals surface area contributed by atoms with Gasteiger partial charge in [-0.2, -0.15) is 4.31 Å². The van der Waals surface area contributed by atoms with Crippen LogP contribution in [0.5, 0.6) is 0 Å². The van der Waals surface area contributed by atoms with Crippen LogP contribution in [0.4, 0.5) is 0 Å². The van der Waals surface area contributed by atoms with Crippen molar-refractivity contribution < 1.29 is 17.6 Å². The third-order valence-electron chi connectivity index (χ3n) is 3.53. The molecule has 1 aliphatic heterocycles. The highest BCUT2D eigenvalue weighted by molar-refractivity contribution is 7.89. The molecule has 19 heavy (non-hydrogen) atoms. The minimum atomic E-state index is -3.34. The normalized spacial score (nSPS) is 22.8. The Labute approximate surface area is 114 Å². The SMILES string of the molecule is COC[C@H](C)S(=O)(=O)N1CCC[C@@H]1c1ccc(C)o1. The van der Waals surface area contributed by atoms with Gasteiger partial charge in [-0.3, -0.25) is 0 Å². The van der Waals surface area contributed by atoms with E-state index in [1.54, 1.807) is 11.2 Å². The lowest BCUT2D eigenvalue weighted by atomic mass is 10.2. The summed E-state index contributed by atoms with van der Waals surface area (Å²) in [6.45, 7) is 4.32. The van der Waals surface area contributed by atoms with E-state index < -0.39 is 15.3 Å². The Morgan fingerprint density at radius 2 is 2.26 bits per heavy atom. The summed E-state index contributed by atoms with van der Waals surface area (Å²) >= 11 is 0. The molecule has 1 aromatic heterocycles. The highest BCUT2D eigenvalue weighted by Crippen LogP contribution is 2.36. The number of hydrogen-bond donors (Lipinski definition) is 0. The van der Waals surface area contributed by atoms with E-state index in [0.29, 0.717) is 6.54 Å². The molecular formula is C13H21NO4S. The van der Waals surface area contributed by atoms with E-state index in [1.165, 1.54) is 7.11 Å². The molecule has 0 spiro atoms. The summed E-state index contributed by atoms with van der Waals surface area (Å²) in [5.74, 6) is 1.55. The molecule has 6 heteroatoms. The first-order valence-electron chi connectivity index (χ1n) is 6.52. The van der Waals surface area contributed by atoms with Gasteiger partial charge in [0.25, 0.3) is 0 Å². The van der Waals surface area contributed by atoms with Gasteiger partial charge in [0, 0.05) is 13.7 Å². The van der Waals surface area contributed by atoms with Gasteiger partial charge in [0.2, 0.25) is 10.0 Å². The zero-order valence-electron chi connectivity index (χ0n) is 11.6. The van der Waals surface area contributed by atoms with Crippen molar-refractivity contribution >= 4 is 10.0 Å². The number of furan rings is 1. The fourth-order valence-corrected chi connectivity index (χ4v) is 4.23. The lowest BCUT2D eigenvalue weighted by Crippen LogP contribution is -2.38. The lowest BCUT2D eigenvalue weighted by molar-refractivity contribution is 0.197. The first kappa shape index (κ1) is 14.6. The Morgan fingerprint density at radius 3 is 2.84 bits per heavy atom. The fourth-order valence-electron chi connectivity index (χ4n) is 2.51. The largest absolute Gasteiger partial charge is 0.465 e. The maximum Gasteiger partial charge on any atom is 0.219 e. The molecule has 0 bridgehead atoms. The van der Waals surface area contributed by atoms with E-state index in [9.17, 15) is 8.42 Å². The summed E-state index contributed by atoms with van der Waals surface area (Å²) in [6, 6.07) is 3.57. The molecule has 0 aliphatic carbocycles. The highest BCUT2D eigenvalue weighted by Gasteiger charge is 2.39.